The smallest absolute Gasteiger partial charge is 0.136 e. The fourth-order valence-electron chi connectivity index (χ4n) is 1.93. The van der Waals surface area contributed by atoms with Crippen molar-refractivity contribution in [3.8, 4) is 0 Å². The Hall–Kier alpha value is -0.410. The van der Waals surface area contributed by atoms with Gasteiger partial charge in [-0.2, -0.15) is 0 Å². The van der Waals surface area contributed by atoms with Crippen molar-refractivity contribution in [1.82, 2.24) is 4.90 Å². The van der Waals surface area contributed by atoms with E-state index < -0.39 is 0 Å². The lowest BCUT2D eigenvalue weighted by molar-refractivity contribution is -0.126. The molecule has 0 aliphatic carbocycles. The fourth-order valence-corrected chi connectivity index (χ4v) is 1.93. The van der Waals surface area contributed by atoms with Gasteiger partial charge in [-0.05, 0) is 25.8 Å². The Bertz CT molecular complexity index is 238. The number of hydrogen-bond acceptors (Lipinski definition) is 3. The molecule has 1 saturated heterocycles. The van der Waals surface area contributed by atoms with Crippen LogP contribution in [-0.4, -0.2) is 41.5 Å². The largest absolute Gasteiger partial charge is 0.392 e. The second kappa shape index (κ2) is 4.62. The third kappa shape index (κ3) is 3.28. The molecule has 0 aromatic carbocycles. The van der Waals surface area contributed by atoms with Gasteiger partial charge in [0.2, 0.25) is 0 Å². The molecule has 0 bridgehead atoms. The summed E-state index contributed by atoms with van der Waals surface area (Å²) < 4.78 is 0. The van der Waals surface area contributed by atoms with Crippen LogP contribution in [-0.2, 0) is 4.79 Å². The fraction of sp³-hybridized carbons (Fsp3) is 0.917. The number of Topliss-reactive ketones (excluding diaryl/α,β-unsaturated/α-hetero) is 1. The second-order valence-corrected chi connectivity index (χ2v) is 5.51. The number of carbonyl (C=O) groups excluding carboxylic acids is 1. The number of piperidine rings is 1. The lowest BCUT2D eigenvalue weighted by atomic mass is 9.86. The first kappa shape index (κ1) is 12.7. The molecule has 15 heavy (non-hydrogen) atoms. The van der Waals surface area contributed by atoms with Gasteiger partial charge in [-0.15, -0.1) is 0 Å². The number of carbonyl (C=O) groups is 1. The molecule has 1 N–H and O–H groups in total. The highest BCUT2D eigenvalue weighted by Gasteiger charge is 2.31. The van der Waals surface area contributed by atoms with Crippen LogP contribution in [0.25, 0.3) is 0 Å². The molecule has 3 nitrogen and oxygen atoms in total. The van der Waals surface area contributed by atoms with Gasteiger partial charge in [0.1, 0.15) is 5.78 Å². The summed E-state index contributed by atoms with van der Waals surface area (Å²) in [5, 5.41) is 9.76. The topological polar surface area (TPSA) is 40.5 Å². The average molecular weight is 213 g/mol. The van der Waals surface area contributed by atoms with Crippen LogP contribution in [0.4, 0.5) is 0 Å². The zero-order chi connectivity index (χ0) is 11.6. The highest BCUT2D eigenvalue weighted by molar-refractivity contribution is 5.81. The highest BCUT2D eigenvalue weighted by Crippen LogP contribution is 2.23. The molecule has 1 fully saturated rings. The second-order valence-electron chi connectivity index (χ2n) is 5.51. The maximum atomic E-state index is 11.4. The summed E-state index contributed by atoms with van der Waals surface area (Å²) in [5.74, 6) is 0.609. The SMILES string of the molecule is CC(=O)C(C)(C)CN1CCC(C)C(O)C1. The van der Waals surface area contributed by atoms with Crippen LogP contribution in [0.1, 0.15) is 34.1 Å². The molecule has 0 spiro atoms. The molecule has 0 aromatic heterocycles. The molecule has 2 atom stereocenters. The first-order valence-electron chi connectivity index (χ1n) is 5.74. The normalized spacial score (nSPS) is 29.1. The predicted molar refractivity (Wildman–Crippen MR) is 60.7 cm³/mol. The summed E-state index contributed by atoms with van der Waals surface area (Å²) in [6.45, 7) is 10.1. The first-order valence-corrected chi connectivity index (χ1v) is 5.74. The number of likely N-dealkylation sites (tertiary alicyclic amines) is 1. The van der Waals surface area contributed by atoms with Crippen LogP contribution in [0.5, 0.6) is 0 Å². The van der Waals surface area contributed by atoms with Crippen LogP contribution in [0.15, 0.2) is 0 Å². The molecule has 0 amide bonds. The number of rotatable bonds is 3. The van der Waals surface area contributed by atoms with Crippen LogP contribution >= 0.6 is 0 Å². The number of aliphatic hydroxyl groups excluding tert-OH is 1. The molecule has 0 aromatic rings. The average Bonchev–Trinajstić information content (AvgIpc) is 2.10. The van der Waals surface area contributed by atoms with Crippen LogP contribution < -0.4 is 0 Å². The van der Waals surface area contributed by atoms with Crippen molar-refractivity contribution < 1.29 is 9.90 Å². The Balaban J connectivity index is 2.50. The van der Waals surface area contributed by atoms with Gasteiger partial charge >= 0.3 is 0 Å². The van der Waals surface area contributed by atoms with E-state index in [0.29, 0.717) is 12.5 Å². The van der Waals surface area contributed by atoms with E-state index >= 15 is 0 Å². The van der Waals surface area contributed by atoms with Gasteiger partial charge in [-0.1, -0.05) is 20.8 Å². The van der Waals surface area contributed by atoms with E-state index in [0.717, 1.165) is 19.5 Å². The molecule has 0 radical (unpaired) electrons. The van der Waals surface area contributed by atoms with Crippen LogP contribution in [0.3, 0.4) is 0 Å². The van der Waals surface area contributed by atoms with E-state index in [2.05, 4.69) is 11.8 Å². The standard InChI is InChI=1S/C12H23NO2/c1-9-5-6-13(7-11(9)15)8-12(3,4)10(2)14/h9,11,15H,5-8H2,1-4H3. The van der Waals surface area contributed by atoms with Gasteiger partial charge < -0.3 is 5.11 Å². The minimum absolute atomic E-state index is 0.218. The van der Waals surface area contributed by atoms with E-state index in [4.69, 9.17) is 0 Å². The molecular formula is C12H23NO2. The Morgan fingerprint density at radius 1 is 1.53 bits per heavy atom. The quantitative estimate of drug-likeness (QED) is 0.768. The summed E-state index contributed by atoms with van der Waals surface area (Å²) >= 11 is 0. The summed E-state index contributed by atoms with van der Waals surface area (Å²) in [6.07, 6.45) is 0.788. The van der Waals surface area contributed by atoms with E-state index in [9.17, 15) is 9.90 Å². The lowest BCUT2D eigenvalue weighted by Crippen LogP contribution is -2.47. The Morgan fingerprint density at radius 2 is 2.13 bits per heavy atom. The van der Waals surface area contributed by atoms with Crippen molar-refractivity contribution >= 4 is 5.78 Å². The van der Waals surface area contributed by atoms with Crippen LogP contribution in [0, 0.1) is 11.3 Å². The molecule has 1 rings (SSSR count). The summed E-state index contributed by atoms with van der Waals surface area (Å²) in [6, 6.07) is 0. The molecule has 1 heterocycles. The number of nitrogens with zero attached hydrogens (tertiary/aromatic N) is 1. The zero-order valence-corrected chi connectivity index (χ0v) is 10.3. The third-order valence-corrected chi connectivity index (χ3v) is 3.57. The highest BCUT2D eigenvalue weighted by atomic mass is 16.3. The predicted octanol–water partition coefficient (Wildman–Crippen LogP) is 1.30. The maximum Gasteiger partial charge on any atom is 0.136 e. The third-order valence-electron chi connectivity index (χ3n) is 3.57. The summed E-state index contributed by atoms with van der Waals surface area (Å²) in [7, 11) is 0. The number of aliphatic hydroxyl groups is 1. The Kier molecular flexibility index (Phi) is 3.90. The number of ketones is 1. The molecule has 88 valence electrons. The minimum atomic E-state index is -0.291. The molecule has 2 unspecified atom stereocenters. The van der Waals surface area contributed by atoms with Gasteiger partial charge in [0.15, 0.2) is 0 Å². The van der Waals surface area contributed by atoms with Crippen molar-refractivity contribution in [2.75, 3.05) is 19.6 Å². The van der Waals surface area contributed by atoms with Gasteiger partial charge in [0.05, 0.1) is 6.10 Å². The summed E-state index contributed by atoms with van der Waals surface area (Å²) in [4.78, 5) is 13.6. The van der Waals surface area contributed by atoms with Crippen molar-refractivity contribution in [3.63, 3.8) is 0 Å². The Morgan fingerprint density at radius 3 is 2.60 bits per heavy atom. The van der Waals surface area contributed by atoms with Gasteiger partial charge in [0, 0.05) is 18.5 Å². The van der Waals surface area contributed by atoms with E-state index in [1.807, 2.05) is 13.8 Å². The minimum Gasteiger partial charge on any atom is -0.392 e. The monoisotopic (exact) mass is 213 g/mol. The summed E-state index contributed by atoms with van der Waals surface area (Å²) in [5.41, 5.74) is -0.291. The van der Waals surface area contributed by atoms with Crippen LogP contribution in [0.2, 0.25) is 0 Å². The molecular weight excluding hydrogens is 190 g/mol. The van der Waals surface area contributed by atoms with Gasteiger partial charge in [-0.3, -0.25) is 9.69 Å². The van der Waals surface area contributed by atoms with Crippen molar-refractivity contribution in [1.29, 1.82) is 0 Å². The molecule has 1 aliphatic rings. The molecule has 1 aliphatic heterocycles. The van der Waals surface area contributed by atoms with Crippen molar-refractivity contribution in [3.05, 3.63) is 0 Å². The maximum absolute atomic E-state index is 11.4. The number of hydrogen-bond donors (Lipinski definition) is 1. The van der Waals surface area contributed by atoms with Crippen molar-refractivity contribution in [2.45, 2.75) is 40.2 Å². The number of β-amino-alcohol motifs (C(OH)–C–C–N with tert-alkyl or cyclic N) is 1. The Labute approximate surface area is 92.5 Å². The lowest BCUT2D eigenvalue weighted by Gasteiger charge is -2.38. The van der Waals surface area contributed by atoms with Gasteiger partial charge in [-0.25, -0.2) is 0 Å². The first-order chi connectivity index (χ1) is 6.83. The molecule has 0 saturated carbocycles. The van der Waals surface area contributed by atoms with Gasteiger partial charge in [0.25, 0.3) is 0 Å². The van der Waals surface area contributed by atoms with E-state index in [1.165, 1.54) is 0 Å². The molecule has 3 heteroatoms. The van der Waals surface area contributed by atoms with Crippen molar-refractivity contribution in [2.24, 2.45) is 11.3 Å². The zero-order valence-electron chi connectivity index (χ0n) is 10.3. The van der Waals surface area contributed by atoms with E-state index in [-0.39, 0.29) is 17.3 Å². The van der Waals surface area contributed by atoms with E-state index in [1.54, 1.807) is 6.92 Å².